The van der Waals surface area contributed by atoms with Crippen molar-refractivity contribution in [2.75, 3.05) is 13.6 Å². The van der Waals surface area contributed by atoms with Gasteiger partial charge in [0.1, 0.15) is 0 Å². The minimum Gasteiger partial charge on any atom is -0.331 e. The maximum Gasteiger partial charge on any atom is 0.290 e. The van der Waals surface area contributed by atoms with Gasteiger partial charge in [0, 0.05) is 12.5 Å². The Hall–Kier alpha value is -1.23. The maximum atomic E-state index is 10.4. The first-order valence-corrected chi connectivity index (χ1v) is 5.27. The van der Waals surface area contributed by atoms with E-state index in [0.717, 1.165) is 13.0 Å². The molecular formula is C10H15N3O2. The SMILES string of the molecule is CN1CCCCC1Cc1noc(C=O)n1. The van der Waals surface area contributed by atoms with E-state index in [0.29, 0.717) is 18.2 Å². The smallest absolute Gasteiger partial charge is 0.290 e. The fourth-order valence-corrected chi connectivity index (χ4v) is 2.01. The Labute approximate surface area is 88.5 Å². The van der Waals surface area contributed by atoms with Gasteiger partial charge in [-0.05, 0) is 26.4 Å². The molecule has 15 heavy (non-hydrogen) atoms. The van der Waals surface area contributed by atoms with Crippen LogP contribution in [0.3, 0.4) is 0 Å². The highest BCUT2D eigenvalue weighted by molar-refractivity contribution is 5.66. The number of carbonyl (C=O) groups is 1. The van der Waals surface area contributed by atoms with Gasteiger partial charge in [0.25, 0.3) is 5.89 Å². The van der Waals surface area contributed by atoms with Crippen LogP contribution in [0.5, 0.6) is 0 Å². The summed E-state index contributed by atoms with van der Waals surface area (Å²) in [4.78, 5) is 16.7. The third-order valence-corrected chi connectivity index (χ3v) is 2.92. The Morgan fingerprint density at radius 3 is 3.13 bits per heavy atom. The predicted molar refractivity (Wildman–Crippen MR) is 53.7 cm³/mol. The summed E-state index contributed by atoms with van der Waals surface area (Å²) in [6, 6.07) is 0.482. The van der Waals surface area contributed by atoms with Gasteiger partial charge < -0.3 is 9.42 Å². The Morgan fingerprint density at radius 1 is 1.60 bits per heavy atom. The van der Waals surface area contributed by atoms with Crippen molar-refractivity contribution >= 4 is 6.29 Å². The second-order valence-electron chi connectivity index (χ2n) is 4.00. The predicted octanol–water partition coefficient (Wildman–Crippen LogP) is 0.909. The van der Waals surface area contributed by atoms with Crippen molar-refractivity contribution in [3.63, 3.8) is 0 Å². The summed E-state index contributed by atoms with van der Waals surface area (Å²) in [6.45, 7) is 1.13. The number of rotatable bonds is 3. The molecule has 82 valence electrons. The monoisotopic (exact) mass is 209 g/mol. The first-order chi connectivity index (χ1) is 7.29. The van der Waals surface area contributed by atoms with Crippen LogP contribution in [-0.2, 0) is 6.42 Å². The molecule has 1 fully saturated rings. The Balaban J connectivity index is 1.97. The van der Waals surface area contributed by atoms with Crippen LogP contribution in [0.15, 0.2) is 4.52 Å². The standard InChI is InChI=1S/C10H15N3O2/c1-13-5-3-2-4-8(13)6-9-11-10(7-14)15-12-9/h7-8H,2-6H2,1H3. The van der Waals surface area contributed by atoms with Crippen molar-refractivity contribution < 1.29 is 9.32 Å². The zero-order valence-corrected chi connectivity index (χ0v) is 8.85. The quantitative estimate of drug-likeness (QED) is 0.692. The molecular weight excluding hydrogens is 194 g/mol. The molecule has 2 rings (SSSR count). The summed E-state index contributed by atoms with van der Waals surface area (Å²) in [5.74, 6) is 0.708. The van der Waals surface area contributed by atoms with Gasteiger partial charge in [-0.2, -0.15) is 4.98 Å². The number of likely N-dealkylation sites (N-methyl/N-ethyl adjacent to an activating group) is 1. The number of likely N-dealkylation sites (tertiary alicyclic amines) is 1. The number of aldehydes is 1. The third-order valence-electron chi connectivity index (χ3n) is 2.92. The van der Waals surface area contributed by atoms with Gasteiger partial charge >= 0.3 is 0 Å². The topological polar surface area (TPSA) is 59.2 Å². The molecule has 1 aromatic rings. The second kappa shape index (κ2) is 4.53. The van der Waals surface area contributed by atoms with Crippen LogP contribution >= 0.6 is 0 Å². The molecule has 1 saturated heterocycles. The van der Waals surface area contributed by atoms with Crippen LogP contribution in [0.2, 0.25) is 0 Å². The number of hydrogen-bond donors (Lipinski definition) is 0. The van der Waals surface area contributed by atoms with Crippen LogP contribution in [0.1, 0.15) is 35.8 Å². The lowest BCUT2D eigenvalue weighted by Crippen LogP contribution is -2.37. The molecule has 1 unspecified atom stereocenters. The summed E-state index contributed by atoms with van der Waals surface area (Å²) in [6.07, 6.45) is 5.04. The zero-order chi connectivity index (χ0) is 10.7. The lowest BCUT2D eigenvalue weighted by Gasteiger charge is -2.31. The highest BCUT2D eigenvalue weighted by atomic mass is 16.5. The van der Waals surface area contributed by atoms with E-state index in [4.69, 9.17) is 4.52 Å². The van der Waals surface area contributed by atoms with Crippen molar-refractivity contribution in [3.05, 3.63) is 11.7 Å². The largest absolute Gasteiger partial charge is 0.331 e. The molecule has 0 saturated carbocycles. The normalized spacial score (nSPS) is 22.9. The minimum atomic E-state index is 0.0727. The van der Waals surface area contributed by atoms with Crippen molar-refractivity contribution in [2.24, 2.45) is 0 Å². The Morgan fingerprint density at radius 2 is 2.47 bits per heavy atom. The number of carbonyl (C=O) groups excluding carboxylic acids is 1. The highest BCUT2D eigenvalue weighted by Gasteiger charge is 2.21. The fourth-order valence-electron chi connectivity index (χ4n) is 2.01. The summed E-state index contributed by atoms with van der Waals surface area (Å²) >= 11 is 0. The van der Waals surface area contributed by atoms with Gasteiger partial charge in [0.2, 0.25) is 6.29 Å². The molecule has 0 bridgehead atoms. The van der Waals surface area contributed by atoms with Crippen molar-refractivity contribution in [1.29, 1.82) is 0 Å². The van der Waals surface area contributed by atoms with Gasteiger partial charge in [-0.1, -0.05) is 11.6 Å². The van der Waals surface area contributed by atoms with Crippen LogP contribution in [0.4, 0.5) is 0 Å². The van der Waals surface area contributed by atoms with E-state index < -0.39 is 0 Å². The van der Waals surface area contributed by atoms with Crippen molar-refractivity contribution in [3.8, 4) is 0 Å². The van der Waals surface area contributed by atoms with E-state index in [2.05, 4.69) is 22.1 Å². The molecule has 2 heterocycles. The first kappa shape index (κ1) is 10.3. The van der Waals surface area contributed by atoms with E-state index in [9.17, 15) is 4.79 Å². The van der Waals surface area contributed by atoms with Gasteiger partial charge in [0.15, 0.2) is 5.82 Å². The molecule has 0 N–H and O–H groups in total. The third kappa shape index (κ3) is 2.41. The molecule has 1 atom stereocenters. The number of hydrogen-bond acceptors (Lipinski definition) is 5. The van der Waals surface area contributed by atoms with Gasteiger partial charge in [0.05, 0.1) is 0 Å². The van der Waals surface area contributed by atoms with Crippen molar-refractivity contribution in [2.45, 2.75) is 31.7 Å². The average Bonchev–Trinajstić information content (AvgIpc) is 2.69. The zero-order valence-electron chi connectivity index (χ0n) is 8.85. The molecule has 0 spiro atoms. The molecule has 0 aliphatic carbocycles. The summed E-state index contributed by atoms with van der Waals surface area (Å²) in [5.41, 5.74) is 0. The van der Waals surface area contributed by atoms with E-state index in [-0.39, 0.29) is 5.89 Å². The molecule has 5 heteroatoms. The lowest BCUT2D eigenvalue weighted by atomic mass is 10.00. The molecule has 1 aliphatic rings. The molecule has 0 radical (unpaired) electrons. The fraction of sp³-hybridized carbons (Fsp3) is 0.700. The Kier molecular flexibility index (Phi) is 3.11. The summed E-state index contributed by atoms with van der Waals surface area (Å²) in [7, 11) is 2.12. The summed E-state index contributed by atoms with van der Waals surface area (Å²) < 4.78 is 4.74. The molecule has 0 aromatic carbocycles. The average molecular weight is 209 g/mol. The van der Waals surface area contributed by atoms with Crippen molar-refractivity contribution in [1.82, 2.24) is 15.0 Å². The van der Waals surface area contributed by atoms with Crippen LogP contribution in [0.25, 0.3) is 0 Å². The maximum absolute atomic E-state index is 10.4. The van der Waals surface area contributed by atoms with E-state index in [1.807, 2.05) is 0 Å². The first-order valence-electron chi connectivity index (χ1n) is 5.27. The van der Waals surface area contributed by atoms with E-state index >= 15 is 0 Å². The van der Waals surface area contributed by atoms with E-state index in [1.54, 1.807) is 0 Å². The molecule has 5 nitrogen and oxygen atoms in total. The lowest BCUT2D eigenvalue weighted by molar-refractivity contribution is 0.108. The van der Waals surface area contributed by atoms with Crippen LogP contribution in [-0.4, -0.2) is 41.0 Å². The number of aromatic nitrogens is 2. The van der Waals surface area contributed by atoms with Crippen LogP contribution in [0, 0.1) is 0 Å². The number of piperidine rings is 1. The molecule has 1 aliphatic heterocycles. The van der Waals surface area contributed by atoms with Gasteiger partial charge in [-0.25, -0.2) is 0 Å². The van der Waals surface area contributed by atoms with Gasteiger partial charge in [-0.15, -0.1) is 0 Å². The van der Waals surface area contributed by atoms with Gasteiger partial charge in [-0.3, -0.25) is 4.79 Å². The highest BCUT2D eigenvalue weighted by Crippen LogP contribution is 2.17. The number of nitrogens with zero attached hydrogens (tertiary/aromatic N) is 3. The van der Waals surface area contributed by atoms with E-state index in [1.165, 1.54) is 19.3 Å². The minimum absolute atomic E-state index is 0.0727. The van der Waals surface area contributed by atoms with Crippen LogP contribution < -0.4 is 0 Å². The Bertz CT molecular complexity index is 337. The summed E-state index contributed by atoms with van der Waals surface area (Å²) in [5, 5.41) is 3.77. The second-order valence-corrected chi connectivity index (χ2v) is 4.00. The molecule has 1 aromatic heterocycles. The molecule has 0 amide bonds.